The van der Waals surface area contributed by atoms with Gasteiger partial charge in [0.25, 0.3) is 10.0 Å². The predicted molar refractivity (Wildman–Crippen MR) is 107 cm³/mol. The molecule has 0 saturated heterocycles. The van der Waals surface area contributed by atoms with Gasteiger partial charge < -0.3 is 5.32 Å². The molecule has 3 aromatic carbocycles. The third-order valence-electron chi connectivity index (χ3n) is 4.14. The van der Waals surface area contributed by atoms with Gasteiger partial charge in [0.2, 0.25) is 5.91 Å². The summed E-state index contributed by atoms with van der Waals surface area (Å²) in [4.78, 5) is 12.4. The van der Waals surface area contributed by atoms with Crippen LogP contribution in [0.25, 0.3) is 0 Å². The van der Waals surface area contributed by atoms with Crippen LogP contribution in [0.4, 0.5) is 24.5 Å². The Balaban J connectivity index is 1.72. The van der Waals surface area contributed by atoms with E-state index in [1.54, 1.807) is 30.3 Å². The van der Waals surface area contributed by atoms with Gasteiger partial charge in [-0.1, -0.05) is 42.5 Å². The molecule has 3 aromatic rings. The molecule has 0 aliphatic carbocycles. The summed E-state index contributed by atoms with van der Waals surface area (Å²) >= 11 is 0. The van der Waals surface area contributed by atoms with Gasteiger partial charge in [-0.2, -0.15) is 13.2 Å². The number of hydrogen-bond acceptors (Lipinski definition) is 3. The van der Waals surface area contributed by atoms with Crippen LogP contribution >= 0.6 is 0 Å². The number of carbonyl (C=O) groups is 1. The van der Waals surface area contributed by atoms with E-state index < -0.39 is 27.7 Å². The van der Waals surface area contributed by atoms with Crippen molar-refractivity contribution in [3.63, 3.8) is 0 Å². The number of sulfonamides is 1. The van der Waals surface area contributed by atoms with Crippen molar-refractivity contribution in [2.45, 2.75) is 17.5 Å². The molecule has 156 valence electrons. The quantitative estimate of drug-likeness (QED) is 0.591. The molecular formula is C21H17F3N2O3S. The number of hydrogen-bond donors (Lipinski definition) is 2. The van der Waals surface area contributed by atoms with Crippen molar-refractivity contribution in [3.05, 3.63) is 90.0 Å². The van der Waals surface area contributed by atoms with Gasteiger partial charge in [-0.15, -0.1) is 0 Å². The summed E-state index contributed by atoms with van der Waals surface area (Å²) in [6.45, 7) is 0. The minimum atomic E-state index is -4.45. The molecule has 0 aliphatic rings. The van der Waals surface area contributed by atoms with Gasteiger partial charge in [-0.3, -0.25) is 9.52 Å². The summed E-state index contributed by atoms with van der Waals surface area (Å²) in [7, 11) is -3.86. The van der Waals surface area contributed by atoms with Crippen LogP contribution in [-0.4, -0.2) is 14.3 Å². The summed E-state index contributed by atoms with van der Waals surface area (Å²) in [6.07, 6.45) is -4.62. The summed E-state index contributed by atoms with van der Waals surface area (Å²) < 4.78 is 65.4. The third kappa shape index (κ3) is 5.38. The fourth-order valence-electron chi connectivity index (χ4n) is 2.68. The van der Waals surface area contributed by atoms with Crippen LogP contribution in [-0.2, 0) is 27.4 Å². The van der Waals surface area contributed by atoms with Gasteiger partial charge in [0.05, 0.1) is 28.3 Å². The first-order chi connectivity index (χ1) is 14.1. The lowest BCUT2D eigenvalue weighted by molar-refractivity contribution is -0.137. The molecule has 30 heavy (non-hydrogen) atoms. The molecule has 0 radical (unpaired) electrons. The minimum Gasteiger partial charge on any atom is -0.324 e. The molecule has 2 N–H and O–H groups in total. The zero-order valence-corrected chi connectivity index (χ0v) is 16.3. The Hall–Kier alpha value is -3.33. The van der Waals surface area contributed by atoms with Crippen LogP contribution in [0.15, 0.2) is 83.8 Å². The zero-order chi connectivity index (χ0) is 21.8. The number of rotatable bonds is 6. The topological polar surface area (TPSA) is 75.3 Å². The van der Waals surface area contributed by atoms with Crippen molar-refractivity contribution in [3.8, 4) is 0 Å². The Morgan fingerprint density at radius 1 is 0.800 bits per heavy atom. The monoisotopic (exact) mass is 434 g/mol. The van der Waals surface area contributed by atoms with Crippen LogP contribution < -0.4 is 10.0 Å². The number of amides is 1. The Bertz CT molecular complexity index is 1130. The second-order valence-electron chi connectivity index (χ2n) is 6.38. The van der Waals surface area contributed by atoms with Gasteiger partial charge >= 0.3 is 6.18 Å². The molecule has 3 rings (SSSR count). The zero-order valence-electron chi connectivity index (χ0n) is 15.5. The summed E-state index contributed by atoms with van der Waals surface area (Å²) in [5, 5.41) is 2.59. The first-order valence-corrected chi connectivity index (χ1v) is 10.3. The normalized spacial score (nSPS) is 11.7. The van der Waals surface area contributed by atoms with Crippen molar-refractivity contribution < 1.29 is 26.4 Å². The van der Waals surface area contributed by atoms with Crippen LogP contribution in [0.5, 0.6) is 0 Å². The highest BCUT2D eigenvalue weighted by Gasteiger charge is 2.30. The molecule has 0 fully saturated rings. The average molecular weight is 434 g/mol. The highest BCUT2D eigenvalue weighted by atomic mass is 32.2. The predicted octanol–water partition coefficient (Wildman–Crippen LogP) is 4.69. The van der Waals surface area contributed by atoms with Crippen LogP contribution in [0, 0.1) is 0 Å². The lowest BCUT2D eigenvalue weighted by atomic mass is 10.1. The van der Waals surface area contributed by atoms with Crippen molar-refractivity contribution in [2.24, 2.45) is 0 Å². The maximum absolute atomic E-state index is 12.6. The van der Waals surface area contributed by atoms with Crippen molar-refractivity contribution in [2.75, 3.05) is 10.0 Å². The van der Waals surface area contributed by atoms with E-state index in [4.69, 9.17) is 0 Å². The van der Waals surface area contributed by atoms with Crippen molar-refractivity contribution in [1.29, 1.82) is 0 Å². The molecule has 0 saturated carbocycles. The lowest BCUT2D eigenvalue weighted by Gasteiger charge is -2.14. The number of alkyl halides is 3. The number of nitrogens with one attached hydrogen (secondary N) is 2. The number of carbonyl (C=O) groups excluding carboxylic acids is 1. The van der Waals surface area contributed by atoms with Crippen molar-refractivity contribution >= 4 is 27.3 Å². The van der Waals surface area contributed by atoms with E-state index in [0.29, 0.717) is 5.56 Å². The minimum absolute atomic E-state index is 0.0656. The first kappa shape index (κ1) is 21.4. The Morgan fingerprint density at radius 3 is 1.97 bits per heavy atom. The maximum Gasteiger partial charge on any atom is 0.416 e. The molecule has 0 unspecified atom stereocenters. The fraction of sp³-hybridized carbons (Fsp3) is 0.0952. The van der Waals surface area contributed by atoms with E-state index in [9.17, 15) is 26.4 Å². The van der Waals surface area contributed by atoms with Crippen LogP contribution in [0.3, 0.4) is 0 Å². The summed E-state index contributed by atoms with van der Waals surface area (Å²) in [5.41, 5.74) is -0.00814. The van der Waals surface area contributed by atoms with E-state index in [1.165, 1.54) is 36.4 Å². The molecule has 0 aromatic heterocycles. The number of halogens is 3. The third-order valence-corrected chi connectivity index (χ3v) is 5.53. The Morgan fingerprint density at radius 2 is 1.37 bits per heavy atom. The molecule has 0 bridgehead atoms. The first-order valence-electron chi connectivity index (χ1n) is 8.78. The van der Waals surface area contributed by atoms with Gasteiger partial charge in [0, 0.05) is 0 Å². The van der Waals surface area contributed by atoms with Gasteiger partial charge in [0.1, 0.15) is 0 Å². The van der Waals surface area contributed by atoms with E-state index in [0.717, 1.165) is 12.1 Å². The molecule has 0 spiro atoms. The second-order valence-corrected chi connectivity index (χ2v) is 8.07. The van der Waals surface area contributed by atoms with Gasteiger partial charge in [-0.05, 0) is 42.0 Å². The fourth-order valence-corrected chi connectivity index (χ4v) is 3.78. The highest BCUT2D eigenvalue weighted by molar-refractivity contribution is 7.92. The van der Waals surface area contributed by atoms with E-state index in [-0.39, 0.29) is 22.7 Å². The standard InChI is InChI=1S/C21H17F3N2O3S/c22-21(23,24)16-12-10-15(11-13-16)14-20(27)25-18-8-4-5-9-19(18)26-30(28,29)17-6-2-1-3-7-17/h1-13,26H,14H2,(H,25,27). The molecular weight excluding hydrogens is 417 g/mol. The van der Waals surface area contributed by atoms with E-state index >= 15 is 0 Å². The summed E-state index contributed by atoms with van der Waals surface area (Å²) in [5.74, 6) is -0.499. The summed E-state index contributed by atoms with van der Waals surface area (Å²) in [6, 6.07) is 18.3. The maximum atomic E-state index is 12.6. The SMILES string of the molecule is O=C(Cc1ccc(C(F)(F)F)cc1)Nc1ccccc1NS(=O)(=O)c1ccccc1. The smallest absolute Gasteiger partial charge is 0.324 e. The number of benzene rings is 3. The Labute approximate surface area is 171 Å². The average Bonchev–Trinajstić information content (AvgIpc) is 2.70. The van der Waals surface area contributed by atoms with Crippen molar-refractivity contribution in [1.82, 2.24) is 0 Å². The molecule has 0 atom stereocenters. The molecule has 1 amide bonds. The Kier molecular flexibility index (Phi) is 6.12. The molecule has 0 aliphatic heterocycles. The number of para-hydroxylation sites is 2. The lowest BCUT2D eigenvalue weighted by Crippen LogP contribution is -2.18. The van der Waals surface area contributed by atoms with E-state index in [2.05, 4.69) is 10.0 Å². The van der Waals surface area contributed by atoms with Gasteiger partial charge in [-0.25, -0.2) is 8.42 Å². The molecule has 5 nitrogen and oxygen atoms in total. The largest absolute Gasteiger partial charge is 0.416 e. The second kappa shape index (κ2) is 8.58. The molecule has 0 heterocycles. The molecule has 9 heteroatoms. The van der Waals surface area contributed by atoms with Gasteiger partial charge in [0.15, 0.2) is 0 Å². The highest BCUT2D eigenvalue weighted by Crippen LogP contribution is 2.29. The van der Waals surface area contributed by atoms with Crippen LogP contribution in [0.2, 0.25) is 0 Å². The number of anilines is 2. The van der Waals surface area contributed by atoms with Crippen LogP contribution in [0.1, 0.15) is 11.1 Å². The van der Waals surface area contributed by atoms with E-state index in [1.807, 2.05) is 0 Å².